The van der Waals surface area contributed by atoms with Gasteiger partial charge in [0.15, 0.2) is 6.71 Å². The van der Waals surface area contributed by atoms with Crippen molar-refractivity contribution in [2.45, 2.75) is 45.1 Å². The third-order valence-electron chi connectivity index (χ3n) is 2.86. The first-order chi connectivity index (χ1) is 6.88. The van der Waals surface area contributed by atoms with Crippen molar-refractivity contribution in [3.63, 3.8) is 0 Å². The lowest BCUT2D eigenvalue weighted by molar-refractivity contribution is 0.982. The maximum absolute atomic E-state index is 2.34. The average molecular weight is 188 g/mol. The van der Waals surface area contributed by atoms with E-state index in [1.165, 1.54) is 25.5 Å². The lowest BCUT2D eigenvalue weighted by Crippen LogP contribution is -2.17. The van der Waals surface area contributed by atoms with Crippen LogP contribution >= 0.6 is 0 Å². The molecule has 0 aromatic carbocycles. The third-order valence-corrected chi connectivity index (χ3v) is 2.86. The van der Waals surface area contributed by atoms with E-state index in [0.29, 0.717) is 5.82 Å². The Morgan fingerprint density at radius 3 is 1.79 bits per heavy atom. The Balaban J connectivity index is 2.57. The summed E-state index contributed by atoms with van der Waals surface area (Å²) >= 11 is 0. The Kier molecular flexibility index (Phi) is 5.43. The van der Waals surface area contributed by atoms with Gasteiger partial charge in [0.05, 0.1) is 0 Å². The lowest BCUT2D eigenvalue weighted by Gasteiger charge is -2.17. The molecule has 0 saturated heterocycles. The molecule has 0 saturated carbocycles. The van der Waals surface area contributed by atoms with Crippen LogP contribution in [0.1, 0.15) is 26.7 Å². The van der Waals surface area contributed by atoms with Crippen molar-refractivity contribution in [3.8, 4) is 0 Å². The summed E-state index contributed by atoms with van der Waals surface area (Å²) in [5, 5.41) is 0. The molecule has 1 aliphatic rings. The van der Waals surface area contributed by atoms with Crippen LogP contribution in [0.15, 0.2) is 36.5 Å². The van der Waals surface area contributed by atoms with Crippen LogP contribution in [0.25, 0.3) is 0 Å². The molecule has 0 radical (unpaired) electrons. The van der Waals surface area contributed by atoms with Crippen molar-refractivity contribution in [3.05, 3.63) is 36.5 Å². The van der Waals surface area contributed by atoms with Gasteiger partial charge in [0.2, 0.25) is 0 Å². The van der Waals surface area contributed by atoms with Crippen molar-refractivity contribution in [1.29, 1.82) is 0 Å². The van der Waals surface area contributed by atoms with Crippen LogP contribution in [0.4, 0.5) is 0 Å². The van der Waals surface area contributed by atoms with Gasteiger partial charge in [-0.1, -0.05) is 75.8 Å². The summed E-state index contributed by atoms with van der Waals surface area (Å²) in [5.74, 6) is 0.657. The van der Waals surface area contributed by atoms with E-state index in [9.17, 15) is 0 Å². The molecule has 0 spiro atoms. The van der Waals surface area contributed by atoms with Crippen LogP contribution in [0.3, 0.4) is 0 Å². The van der Waals surface area contributed by atoms with Crippen molar-refractivity contribution in [2.24, 2.45) is 0 Å². The minimum atomic E-state index is 0.657. The van der Waals surface area contributed by atoms with Gasteiger partial charge in [-0.2, -0.15) is 0 Å². The fraction of sp³-hybridized carbons (Fsp3) is 0.538. The van der Waals surface area contributed by atoms with E-state index >= 15 is 0 Å². The van der Waals surface area contributed by atoms with E-state index < -0.39 is 0 Å². The molecule has 0 fully saturated rings. The molecular weight excluding hydrogens is 167 g/mol. The number of hydrogen-bond acceptors (Lipinski definition) is 0. The Hall–Kier alpha value is -0.715. The average Bonchev–Trinajstić information content (AvgIpc) is 2.45. The topological polar surface area (TPSA) is 0 Å². The molecule has 1 heteroatoms. The smallest absolute Gasteiger partial charge is 0.0849 e. The summed E-state index contributed by atoms with van der Waals surface area (Å²) < 4.78 is 0. The summed E-state index contributed by atoms with van der Waals surface area (Å²) in [6.45, 7) is 5.41. The van der Waals surface area contributed by atoms with Gasteiger partial charge in [0.25, 0.3) is 0 Å². The first-order valence-corrected chi connectivity index (χ1v) is 5.90. The Morgan fingerprint density at radius 2 is 1.36 bits per heavy atom. The van der Waals surface area contributed by atoms with Gasteiger partial charge < -0.3 is 0 Å². The maximum atomic E-state index is 2.34. The number of hydrogen-bond donors (Lipinski definition) is 0. The van der Waals surface area contributed by atoms with Crippen LogP contribution in [0.5, 0.6) is 0 Å². The molecule has 0 unspecified atom stereocenters. The van der Waals surface area contributed by atoms with E-state index in [0.717, 1.165) is 6.71 Å². The molecule has 0 bridgehead atoms. The molecule has 1 aliphatic carbocycles. The van der Waals surface area contributed by atoms with E-state index in [1.54, 1.807) is 0 Å². The van der Waals surface area contributed by atoms with Crippen LogP contribution in [0.2, 0.25) is 18.5 Å². The Bertz CT molecular complexity index is 203. The summed E-state index contributed by atoms with van der Waals surface area (Å²) in [7, 11) is 0. The zero-order valence-electron chi connectivity index (χ0n) is 9.45. The number of allylic oxidation sites excluding steroid dienone is 6. The maximum Gasteiger partial charge on any atom is 0.152 e. The van der Waals surface area contributed by atoms with E-state index in [2.05, 4.69) is 50.3 Å². The van der Waals surface area contributed by atoms with Gasteiger partial charge >= 0.3 is 0 Å². The second-order valence-electron chi connectivity index (χ2n) is 4.07. The van der Waals surface area contributed by atoms with Gasteiger partial charge in [-0.05, 0) is 5.82 Å². The van der Waals surface area contributed by atoms with E-state index in [1.807, 2.05) is 0 Å². The highest BCUT2D eigenvalue weighted by Gasteiger charge is 2.19. The zero-order chi connectivity index (χ0) is 10.2. The minimum absolute atomic E-state index is 0.657. The second kappa shape index (κ2) is 6.70. The molecule has 0 N–H and O–H groups in total. The molecule has 14 heavy (non-hydrogen) atoms. The molecule has 0 aromatic rings. The van der Waals surface area contributed by atoms with E-state index in [4.69, 9.17) is 0 Å². The third kappa shape index (κ3) is 3.57. The molecular formula is C13H21B. The van der Waals surface area contributed by atoms with Crippen molar-refractivity contribution >= 4 is 6.71 Å². The van der Waals surface area contributed by atoms with Crippen molar-refractivity contribution < 1.29 is 0 Å². The summed E-state index contributed by atoms with van der Waals surface area (Å²) in [6.07, 6.45) is 18.6. The van der Waals surface area contributed by atoms with Gasteiger partial charge in [0.1, 0.15) is 0 Å². The van der Waals surface area contributed by atoms with Crippen LogP contribution in [0, 0.1) is 0 Å². The molecule has 0 heterocycles. The van der Waals surface area contributed by atoms with Crippen LogP contribution < -0.4 is 0 Å². The molecule has 0 nitrogen and oxygen atoms in total. The van der Waals surface area contributed by atoms with Crippen molar-refractivity contribution in [2.75, 3.05) is 0 Å². The van der Waals surface area contributed by atoms with Gasteiger partial charge in [-0.25, -0.2) is 0 Å². The Morgan fingerprint density at radius 1 is 0.857 bits per heavy atom. The highest BCUT2D eigenvalue weighted by Crippen LogP contribution is 2.24. The standard InChI is InChI=1S/C13H21B/c1-3-11-14(12-4-2)13-9-7-5-6-8-10-13/h5-10,13H,3-4,11-12H2,1-2H3. The van der Waals surface area contributed by atoms with Gasteiger partial charge in [0, 0.05) is 0 Å². The lowest BCUT2D eigenvalue weighted by atomic mass is 9.36. The molecule has 0 aliphatic heterocycles. The normalized spacial score (nSPS) is 15.9. The second-order valence-corrected chi connectivity index (χ2v) is 4.07. The largest absolute Gasteiger partial charge is 0.152 e. The summed E-state index contributed by atoms with van der Waals surface area (Å²) in [4.78, 5) is 0. The van der Waals surface area contributed by atoms with E-state index in [-0.39, 0.29) is 0 Å². The minimum Gasteiger partial charge on any atom is -0.0849 e. The predicted octanol–water partition coefficient (Wildman–Crippen LogP) is 4.35. The van der Waals surface area contributed by atoms with Crippen LogP contribution in [-0.2, 0) is 0 Å². The van der Waals surface area contributed by atoms with Gasteiger partial charge in [-0.3, -0.25) is 0 Å². The first kappa shape index (κ1) is 11.4. The van der Waals surface area contributed by atoms with Gasteiger partial charge in [-0.15, -0.1) is 0 Å². The monoisotopic (exact) mass is 188 g/mol. The Labute approximate surface area is 88.9 Å². The molecule has 0 atom stereocenters. The predicted molar refractivity (Wildman–Crippen MR) is 67.1 cm³/mol. The molecule has 76 valence electrons. The first-order valence-electron chi connectivity index (χ1n) is 5.90. The fourth-order valence-corrected chi connectivity index (χ4v) is 2.16. The summed E-state index contributed by atoms with van der Waals surface area (Å²) in [5.41, 5.74) is 0. The molecule has 0 amide bonds. The fourth-order valence-electron chi connectivity index (χ4n) is 2.16. The highest BCUT2D eigenvalue weighted by molar-refractivity contribution is 6.61. The zero-order valence-corrected chi connectivity index (χ0v) is 9.45. The summed E-state index contributed by atoms with van der Waals surface area (Å²) in [6, 6.07) is 0. The quantitative estimate of drug-likeness (QED) is 0.562. The van der Waals surface area contributed by atoms with Crippen molar-refractivity contribution in [1.82, 2.24) is 0 Å². The SMILES string of the molecule is CCCB(CCC)C1C=CC=CC=C1. The van der Waals surface area contributed by atoms with Crippen LogP contribution in [-0.4, -0.2) is 6.71 Å². The molecule has 0 aromatic heterocycles. The molecule has 1 rings (SSSR count). The highest BCUT2D eigenvalue weighted by atomic mass is 14.0. The number of rotatable bonds is 5.